The van der Waals surface area contributed by atoms with Crippen LogP contribution in [0.4, 0.5) is 8.78 Å². The first kappa shape index (κ1) is 13.6. The minimum absolute atomic E-state index is 0.104. The topological polar surface area (TPSA) is 59.2 Å². The smallest absolute Gasteiger partial charge is 0.232 e. The summed E-state index contributed by atoms with van der Waals surface area (Å²) in [5.41, 5.74) is 0.202. The van der Waals surface area contributed by atoms with E-state index in [1.807, 2.05) is 6.92 Å². The van der Waals surface area contributed by atoms with Crippen LogP contribution in [0.5, 0.6) is 0 Å². The highest BCUT2D eigenvalue weighted by molar-refractivity contribution is 5.54. The second-order valence-corrected chi connectivity index (χ2v) is 4.37. The molecule has 0 amide bonds. The Labute approximate surface area is 109 Å². The zero-order valence-corrected chi connectivity index (χ0v) is 10.6. The van der Waals surface area contributed by atoms with E-state index in [9.17, 15) is 13.9 Å². The molecular weight excluding hydrogens is 254 g/mol. The van der Waals surface area contributed by atoms with Crippen molar-refractivity contribution in [2.24, 2.45) is 0 Å². The van der Waals surface area contributed by atoms with E-state index in [1.54, 1.807) is 6.92 Å². The Balaban J connectivity index is 2.35. The summed E-state index contributed by atoms with van der Waals surface area (Å²) in [6, 6.07) is 3.03. The van der Waals surface area contributed by atoms with Crippen LogP contribution in [-0.2, 0) is 0 Å². The minimum Gasteiger partial charge on any atom is -0.393 e. The first-order chi connectivity index (χ1) is 9.01. The van der Waals surface area contributed by atoms with E-state index in [4.69, 9.17) is 4.52 Å². The van der Waals surface area contributed by atoms with Gasteiger partial charge in [0.15, 0.2) is 0 Å². The average Bonchev–Trinajstić information content (AvgIpc) is 2.77. The maximum Gasteiger partial charge on any atom is 0.232 e. The number of nitrogens with zero attached hydrogens (tertiary/aromatic N) is 2. The van der Waals surface area contributed by atoms with Gasteiger partial charge in [-0.2, -0.15) is 4.98 Å². The Kier molecular flexibility index (Phi) is 3.90. The van der Waals surface area contributed by atoms with E-state index in [0.29, 0.717) is 6.42 Å². The molecule has 4 nitrogen and oxygen atoms in total. The van der Waals surface area contributed by atoms with Crippen molar-refractivity contribution in [3.8, 4) is 11.4 Å². The summed E-state index contributed by atoms with van der Waals surface area (Å²) in [7, 11) is 0. The van der Waals surface area contributed by atoms with Crippen molar-refractivity contribution in [2.75, 3.05) is 0 Å². The standard InChI is InChI=1S/C13H14F2N2O2/c1-3-11(7(2)18)13-16-12(17-19-13)8-4-9(14)6-10(15)5-8/h4-7,11,18H,3H2,1-2H3. The van der Waals surface area contributed by atoms with E-state index < -0.39 is 17.7 Å². The summed E-state index contributed by atoms with van der Waals surface area (Å²) in [4.78, 5) is 4.08. The van der Waals surface area contributed by atoms with Gasteiger partial charge in [-0.15, -0.1) is 0 Å². The van der Waals surface area contributed by atoms with Gasteiger partial charge in [-0.3, -0.25) is 0 Å². The van der Waals surface area contributed by atoms with Gasteiger partial charge in [-0.1, -0.05) is 12.1 Å². The molecule has 0 saturated carbocycles. The molecular formula is C13H14F2N2O2. The predicted molar refractivity (Wildman–Crippen MR) is 64.4 cm³/mol. The molecule has 1 aromatic carbocycles. The second kappa shape index (κ2) is 5.44. The molecule has 0 saturated heterocycles. The van der Waals surface area contributed by atoms with Gasteiger partial charge in [0, 0.05) is 11.6 Å². The molecule has 1 aromatic heterocycles. The normalized spacial score (nSPS) is 14.4. The van der Waals surface area contributed by atoms with Gasteiger partial charge in [-0.05, 0) is 25.5 Å². The van der Waals surface area contributed by atoms with Crippen molar-refractivity contribution in [3.05, 3.63) is 35.7 Å². The van der Waals surface area contributed by atoms with Crippen molar-refractivity contribution in [1.82, 2.24) is 10.1 Å². The van der Waals surface area contributed by atoms with Crippen LogP contribution in [0.2, 0.25) is 0 Å². The fourth-order valence-corrected chi connectivity index (χ4v) is 1.91. The lowest BCUT2D eigenvalue weighted by Crippen LogP contribution is -2.13. The molecule has 0 spiro atoms. The Morgan fingerprint density at radius 1 is 1.26 bits per heavy atom. The fourth-order valence-electron chi connectivity index (χ4n) is 1.91. The van der Waals surface area contributed by atoms with Crippen molar-refractivity contribution >= 4 is 0 Å². The van der Waals surface area contributed by atoms with Gasteiger partial charge in [0.2, 0.25) is 11.7 Å². The minimum atomic E-state index is -0.705. The van der Waals surface area contributed by atoms with E-state index in [0.717, 1.165) is 18.2 Å². The Morgan fingerprint density at radius 3 is 2.42 bits per heavy atom. The number of rotatable bonds is 4. The van der Waals surface area contributed by atoms with Gasteiger partial charge >= 0.3 is 0 Å². The molecule has 0 aliphatic carbocycles. The van der Waals surface area contributed by atoms with Crippen LogP contribution in [0.3, 0.4) is 0 Å². The molecule has 2 rings (SSSR count). The van der Waals surface area contributed by atoms with Crippen LogP contribution in [-0.4, -0.2) is 21.4 Å². The monoisotopic (exact) mass is 268 g/mol. The van der Waals surface area contributed by atoms with Crippen LogP contribution in [0.25, 0.3) is 11.4 Å². The van der Waals surface area contributed by atoms with Gasteiger partial charge in [0.1, 0.15) is 11.6 Å². The third-order valence-electron chi connectivity index (χ3n) is 2.90. The summed E-state index contributed by atoms with van der Waals surface area (Å²) in [5, 5.41) is 13.3. The van der Waals surface area contributed by atoms with Crippen LogP contribution < -0.4 is 0 Å². The molecule has 2 aromatic rings. The zero-order chi connectivity index (χ0) is 14.0. The van der Waals surface area contributed by atoms with Gasteiger partial charge < -0.3 is 9.63 Å². The molecule has 6 heteroatoms. The summed E-state index contributed by atoms with van der Waals surface area (Å²) in [6.07, 6.45) is -0.0147. The Bertz CT molecular complexity index is 549. The maximum atomic E-state index is 13.1. The van der Waals surface area contributed by atoms with Crippen molar-refractivity contribution in [2.45, 2.75) is 32.3 Å². The van der Waals surface area contributed by atoms with E-state index in [-0.39, 0.29) is 23.2 Å². The molecule has 1 N–H and O–H groups in total. The van der Waals surface area contributed by atoms with Crippen LogP contribution >= 0.6 is 0 Å². The molecule has 0 fully saturated rings. The lowest BCUT2D eigenvalue weighted by molar-refractivity contribution is 0.141. The summed E-state index contributed by atoms with van der Waals surface area (Å²) in [5.74, 6) is -1.34. The number of aliphatic hydroxyl groups excluding tert-OH is 1. The lowest BCUT2D eigenvalue weighted by Gasteiger charge is -2.12. The SMILES string of the molecule is CCC(c1nc(-c2cc(F)cc(F)c2)no1)C(C)O. The quantitative estimate of drug-likeness (QED) is 0.926. The number of aliphatic hydroxyl groups is 1. The number of benzene rings is 1. The van der Waals surface area contributed by atoms with E-state index in [1.165, 1.54) is 0 Å². The van der Waals surface area contributed by atoms with Gasteiger partial charge in [0.05, 0.1) is 12.0 Å². The Morgan fingerprint density at radius 2 is 1.89 bits per heavy atom. The highest BCUT2D eigenvalue weighted by Crippen LogP contribution is 2.25. The predicted octanol–water partition coefficient (Wildman–Crippen LogP) is 2.89. The van der Waals surface area contributed by atoms with E-state index >= 15 is 0 Å². The lowest BCUT2D eigenvalue weighted by atomic mass is 10.0. The summed E-state index contributed by atoms with van der Waals surface area (Å²) < 4.78 is 31.3. The highest BCUT2D eigenvalue weighted by Gasteiger charge is 2.22. The van der Waals surface area contributed by atoms with Crippen molar-refractivity contribution < 1.29 is 18.4 Å². The van der Waals surface area contributed by atoms with Gasteiger partial charge in [0.25, 0.3) is 0 Å². The van der Waals surface area contributed by atoms with Crippen molar-refractivity contribution in [1.29, 1.82) is 0 Å². The second-order valence-electron chi connectivity index (χ2n) is 4.37. The van der Waals surface area contributed by atoms with Crippen molar-refractivity contribution in [3.63, 3.8) is 0 Å². The molecule has 1 heterocycles. The first-order valence-electron chi connectivity index (χ1n) is 5.99. The maximum absolute atomic E-state index is 13.1. The van der Waals surface area contributed by atoms with Crippen LogP contribution in [0, 0.1) is 11.6 Å². The molecule has 2 atom stereocenters. The molecule has 2 unspecified atom stereocenters. The summed E-state index contributed by atoms with van der Waals surface area (Å²) >= 11 is 0. The van der Waals surface area contributed by atoms with E-state index in [2.05, 4.69) is 10.1 Å². The third-order valence-corrected chi connectivity index (χ3v) is 2.90. The van der Waals surface area contributed by atoms with Crippen LogP contribution in [0.1, 0.15) is 32.1 Å². The summed E-state index contributed by atoms with van der Waals surface area (Å²) in [6.45, 7) is 3.50. The molecule has 0 aliphatic rings. The molecule has 0 bridgehead atoms. The molecule has 19 heavy (non-hydrogen) atoms. The molecule has 0 aliphatic heterocycles. The molecule has 0 radical (unpaired) electrons. The molecule has 102 valence electrons. The first-order valence-corrected chi connectivity index (χ1v) is 5.99. The number of hydrogen-bond donors (Lipinski definition) is 1. The van der Waals surface area contributed by atoms with Gasteiger partial charge in [-0.25, -0.2) is 8.78 Å². The third kappa shape index (κ3) is 2.96. The largest absolute Gasteiger partial charge is 0.393 e. The van der Waals surface area contributed by atoms with Crippen LogP contribution in [0.15, 0.2) is 22.7 Å². The Hall–Kier alpha value is -1.82. The fraction of sp³-hybridized carbons (Fsp3) is 0.385. The number of aromatic nitrogens is 2. The highest BCUT2D eigenvalue weighted by atomic mass is 19.1. The average molecular weight is 268 g/mol. The zero-order valence-electron chi connectivity index (χ0n) is 10.6. The number of halogens is 2. The number of hydrogen-bond acceptors (Lipinski definition) is 4.